The zero-order valence-corrected chi connectivity index (χ0v) is 10.4. The summed E-state index contributed by atoms with van der Waals surface area (Å²) in [6, 6.07) is 4.90. The number of carbonyl (C=O) groups is 1. The van der Waals surface area contributed by atoms with Gasteiger partial charge in [0.25, 0.3) is 0 Å². The van der Waals surface area contributed by atoms with E-state index in [4.69, 9.17) is 9.47 Å². The standard InChI is InChI=1S/C13H16O5/c1-16-11-7-8(12(14)13(15)17-2)3-6-10(11)18-9-4-5-9/h3,6-7,9,12,14H,4-5H2,1-2H3. The molecule has 0 amide bonds. The van der Waals surface area contributed by atoms with Crippen molar-refractivity contribution < 1.29 is 24.1 Å². The molecular weight excluding hydrogens is 236 g/mol. The quantitative estimate of drug-likeness (QED) is 0.803. The van der Waals surface area contributed by atoms with Crippen LogP contribution in [0.15, 0.2) is 18.2 Å². The van der Waals surface area contributed by atoms with Crippen LogP contribution < -0.4 is 9.47 Å². The van der Waals surface area contributed by atoms with E-state index in [9.17, 15) is 9.90 Å². The Morgan fingerprint density at radius 1 is 1.33 bits per heavy atom. The van der Waals surface area contributed by atoms with E-state index in [1.165, 1.54) is 14.2 Å². The first-order valence-corrected chi connectivity index (χ1v) is 5.76. The Hall–Kier alpha value is -1.75. The minimum absolute atomic E-state index is 0.260. The van der Waals surface area contributed by atoms with E-state index in [1.54, 1.807) is 18.2 Å². The number of rotatable bonds is 5. The molecule has 1 aliphatic rings. The number of methoxy groups -OCH3 is 2. The van der Waals surface area contributed by atoms with Crippen LogP contribution in [-0.2, 0) is 9.53 Å². The molecule has 0 saturated heterocycles. The Morgan fingerprint density at radius 2 is 2.06 bits per heavy atom. The van der Waals surface area contributed by atoms with Crippen molar-refractivity contribution in [3.63, 3.8) is 0 Å². The summed E-state index contributed by atoms with van der Waals surface area (Å²) in [5.74, 6) is 0.427. The Balaban J connectivity index is 2.20. The molecule has 0 heterocycles. The largest absolute Gasteiger partial charge is 0.493 e. The van der Waals surface area contributed by atoms with Gasteiger partial charge in [-0.15, -0.1) is 0 Å². The minimum Gasteiger partial charge on any atom is -0.493 e. The lowest BCUT2D eigenvalue weighted by Crippen LogP contribution is -2.13. The molecule has 1 aliphatic carbocycles. The second-order valence-electron chi connectivity index (χ2n) is 4.15. The third-order valence-corrected chi connectivity index (χ3v) is 2.75. The molecule has 18 heavy (non-hydrogen) atoms. The zero-order valence-electron chi connectivity index (χ0n) is 10.4. The summed E-state index contributed by atoms with van der Waals surface area (Å²) in [4.78, 5) is 11.2. The molecule has 2 rings (SSSR count). The van der Waals surface area contributed by atoms with Gasteiger partial charge in [-0.05, 0) is 30.5 Å². The van der Waals surface area contributed by atoms with Crippen molar-refractivity contribution in [1.29, 1.82) is 0 Å². The fourth-order valence-corrected chi connectivity index (χ4v) is 1.56. The molecule has 0 spiro atoms. The summed E-state index contributed by atoms with van der Waals surface area (Å²) in [5.41, 5.74) is 0.418. The predicted molar refractivity (Wildman–Crippen MR) is 63.6 cm³/mol. The Kier molecular flexibility index (Phi) is 3.72. The first-order chi connectivity index (χ1) is 8.65. The SMILES string of the molecule is COC(=O)C(O)c1ccc(OC2CC2)c(OC)c1. The van der Waals surface area contributed by atoms with Crippen LogP contribution in [0.5, 0.6) is 11.5 Å². The number of aliphatic hydroxyl groups excluding tert-OH is 1. The molecule has 98 valence electrons. The van der Waals surface area contributed by atoms with Gasteiger partial charge in [-0.1, -0.05) is 6.07 Å². The van der Waals surface area contributed by atoms with Crippen molar-refractivity contribution in [3.05, 3.63) is 23.8 Å². The number of ether oxygens (including phenoxy) is 3. The van der Waals surface area contributed by atoms with E-state index >= 15 is 0 Å². The topological polar surface area (TPSA) is 65.0 Å². The molecule has 1 atom stereocenters. The molecule has 1 aromatic rings. The van der Waals surface area contributed by atoms with E-state index in [-0.39, 0.29) is 6.10 Å². The zero-order chi connectivity index (χ0) is 13.1. The van der Waals surface area contributed by atoms with Crippen molar-refractivity contribution in [2.45, 2.75) is 25.0 Å². The van der Waals surface area contributed by atoms with Crippen LogP contribution in [0.2, 0.25) is 0 Å². The highest BCUT2D eigenvalue weighted by atomic mass is 16.5. The van der Waals surface area contributed by atoms with Gasteiger partial charge in [0.05, 0.1) is 20.3 Å². The molecule has 0 radical (unpaired) electrons. The minimum atomic E-state index is -1.31. The second kappa shape index (κ2) is 5.27. The lowest BCUT2D eigenvalue weighted by Gasteiger charge is -2.13. The Bertz CT molecular complexity index is 439. The van der Waals surface area contributed by atoms with Crippen molar-refractivity contribution in [3.8, 4) is 11.5 Å². The average Bonchev–Trinajstić information content (AvgIpc) is 3.21. The van der Waals surface area contributed by atoms with E-state index in [0.717, 1.165) is 12.8 Å². The summed E-state index contributed by atoms with van der Waals surface area (Å²) in [7, 11) is 2.75. The summed E-state index contributed by atoms with van der Waals surface area (Å²) < 4.78 is 15.3. The summed E-state index contributed by atoms with van der Waals surface area (Å²) in [6.07, 6.45) is 1.06. The normalized spacial score (nSPS) is 15.9. The third-order valence-electron chi connectivity index (χ3n) is 2.75. The predicted octanol–water partition coefficient (Wildman–Crippen LogP) is 1.44. The van der Waals surface area contributed by atoms with Crippen LogP contribution in [0.3, 0.4) is 0 Å². The molecule has 1 N–H and O–H groups in total. The van der Waals surface area contributed by atoms with Crippen molar-refractivity contribution >= 4 is 5.97 Å². The number of hydrogen-bond donors (Lipinski definition) is 1. The summed E-state index contributed by atoms with van der Waals surface area (Å²) in [6.45, 7) is 0. The molecule has 0 aromatic heterocycles. The van der Waals surface area contributed by atoms with Gasteiger partial charge < -0.3 is 19.3 Å². The number of aliphatic hydroxyl groups is 1. The molecular formula is C13H16O5. The van der Waals surface area contributed by atoms with Gasteiger partial charge in [0.2, 0.25) is 0 Å². The fraction of sp³-hybridized carbons (Fsp3) is 0.462. The van der Waals surface area contributed by atoms with Crippen LogP contribution in [0.25, 0.3) is 0 Å². The smallest absolute Gasteiger partial charge is 0.339 e. The van der Waals surface area contributed by atoms with Gasteiger partial charge in [-0.2, -0.15) is 0 Å². The number of benzene rings is 1. The average molecular weight is 252 g/mol. The summed E-state index contributed by atoms with van der Waals surface area (Å²) in [5, 5.41) is 9.72. The van der Waals surface area contributed by atoms with Gasteiger partial charge in [0, 0.05) is 0 Å². The first-order valence-electron chi connectivity index (χ1n) is 5.76. The van der Waals surface area contributed by atoms with Crippen molar-refractivity contribution in [1.82, 2.24) is 0 Å². The highest BCUT2D eigenvalue weighted by Crippen LogP contribution is 2.35. The van der Waals surface area contributed by atoms with Crippen LogP contribution in [0, 0.1) is 0 Å². The second-order valence-corrected chi connectivity index (χ2v) is 4.15. The van der Waals surface area contributed by atoms with E-state index < -0.39 is 12.1 Å². The number of esters is 1. The Labute approximate surface area is 105 Å². The van der Waals surface area contributed by atoms with Gasteiger partial charge in [0.15, 0.2) is 17.6 Å². The molecule has 0 bridgehead atoms. The third kappa shape index (κ3) is 2.73. The van der Waals surface area contributed by atoms with E-state index in [2.05, 4.69) is 4.74 Å². The lowest BCUT2D eigenvalue weighted by atomic mass is 10.1. The molecule has 1 unspecified atom stereocenters. The lowest BCUT2D eigenvalue weighted by molar-refractivity contribution is -0.150. The van der Waals surface area contributed by atoms with Crippen LogP contribution in [0.1, 0.15) is 24.5 Å². The monoisotopic (exact) mass is 252 g/mol. The molecule has 1 fully saturated rings. The van der Waals surface area contributed by atoms with Gasteiger partial charge in [-0.3, -0.25) is 0 Å². The maximum absolute atomic E-state index is 11.2. The molecule has 1 aromatic carbocycles. The highest BCUT2D eigenvalue weighted by Gasteiger charge is 2.26. The van der Waals surface area contributed by atoms with E-state index in [0.29, 0.717) is 17.1 Å². The van der Waals surface area contributed by atoms with Gasteiger partial charge in [-0.25, -0.2) is 4.79 Å². The molecule has 0 aliphatic heterocycles. The number of hydrogen-bond acceptors (Lipinski definition) is 5. The molecule has 5 nitrogen and oxygen atoms in total. The summed E-state index contributed by atoms with van der Waals surface area (Å²) >= 11 is 0. The first kappa shape index (κ1) is 12.7. The van der Waals surface area contributed by atoms with Gasteiger partial charge >= 0.3 is 5.97 Å². The molecule has 1 saturated carbocycles. The van der Waals surface area contributed by atoms with Crippen LogP contribution >= 0.6 is 0 Å². The van der Waals surface area contributed by atoms with Crippen molar-refractivity contribution in [2.24, 2.45) is 0 Å². The maximum Gasteiger partial charge on any atom is 0.339 e. The Morgan fingerprint density at radius 3 is 2.61 bits per heavy atom. The van der Waals surface area contributed by atoms with E-state index in [1.807, 2.05) is 0 Å². The van der Waals surface area contributed by atoms with Gasteiger partial charge in [0.1, 0.15) is 0 Å². The highest BCUT2D eigenvalue weighted by molar-refractivity contribution is 5.76. The fourth-order valence-electron chi connectivity index (χ4n) is 1.56. The number of carbonyl (C=O) groups excluding carboxylic acids is 1. The van der Waals surface area contributed by atoms with Crippen molar-refractivity contribution in [2.75, 3.05) is 14.2 Å². The van der Waals surface area contributed by atoms with Crippen LogP contribution in [-0.4, -0.2) is 31.4 Å². The van der Waals surface area contributed by atoms with Crippen LogP contribution in [0.4, 0.5) is 0 Å². The molecule has 5 heteroatoms. The maximum atomic E-state index is 11.2.